The van der Waals surface area contributed by atoms with E-state index in [4.69, 9.17) is 14.8 Å². The Morgan fingerprint density at radius 1 is 0.788 bits per heavy atom. The molecule has 4 nitrogen and oxygen atoms in total. The van der Waals surface area contributed by atoms with E-state index in [1.54, 1.807) is 18.4 Å². The molecule has 0 unspecified atom stereocenters. The fourth-order valence-electron chi connectivity index (χ4n) is 4.09. The first kappa shape index (κ1) is 21.2. The maximum absolute atomic E-state index is 5.29. The summed E-state index contributed by atoms with van der Waals surface area (Å²) in [4.78, 5) is 4.96. The Bertz CT molecular complexity index is 1430. The molecule has 5 heteroatoms. The molecule has 0 amide bonds. The lowest BCUT2D eigenvalue weighted by Crippen LogP contribution is -1.99. The number of methoxy groups -OCH3 is 1. The first-order valence-corrected chi connectivity index (χ1v) is 11.8. The second kappa shape index (κ2) is 8.68. The van der Waals surface area contributed by atoms with Gasteiger partial charge in [-0.3, -0.25) is 0 Å². The van der Waals surface area contributed by atoms with E-state index >= 15 is 0 Å². The molecule has 164 valence electrons. The van der Waals surface area contributed by atoms with Crippen LogP contribution in [0.3, 0.4) is 0 Å². The van der Waals surface area contributed by atoms with E-state index in [9.17, 15) is 0 Å². The highest BCUT2D eigenvalue weighted by molar-refractivity contribution is 7.12. The Balaban J connectivity index is 1.66. The molecule has 5 aromatic rings. The smallest absolute Gasteiger partial charge is 0.211 e. The minimum absolute atomic E-state index is 0.835. The Hall–Kier alpha value is -3.70. The molecule has 0 fully saturated rings. The molecule has 33 heavy (non-hydrogen) atoms. The lowest BCUT2D eigenvalue weighted by molar-refractivity contribution is 0.415. The largest absolute Gasteiger partial charge is 0.497 e. The van der Waals surface area contributed by atoms with Gasteiger partial charge in [0.05, 0.1) is 24.2 Å². The molecule has 0 spiro atoms. The molecule has 2 aromatic heterocycles. The van der Waals surface area contributed by atoms with Gasteiger partial charge in [0.1, 0.15) is 5.75 Å². The van der Waals surface area contributed by atoms with Crippen LogP contribution in [0.1, 0.15) is 16.7 Å². The van der Waals surface area contributed by atoms with Gasteiger partial charge in [0.15, 0.2) is 0 Å². The number of ether oxygens (including phenoxy) is 1. The van der Waals surface area contributed by atoms with E-state index in [1.807, 2.05) is 28.9 Å². The second-order valence-corrected chi connectivity index (χ2v) is 9.05. The van der Waals surface area contributed by atoms with Crippen LogP contribution in [0, 0.1) is 20.8 Å². The van der Waals surface area contributed by atoms with Gasteiger partial charge in [-0.05, 0) is 57.2 Å². The van der Waals surface area contributed by atoms with Gasteiger partial charge in [-0.15, -0.1) is 11.3 Å². The van der Waals surface area contributed by atoms with Crippen molar-refractivity contribution in [2.45, 2.75) is 20.8 Å². The van der Waals surface area contributed by atoms with Crippen molar-refractivity contribution in [2.75, 3.05) is 7.11 Å². The van der Waals surface area contributed by atoms with Crippen LogP contribution in [-0.4, -0.2) is 21.9 Å². The molecule has 0 bridgehead atoms. The van der Waals surface area contributed by atoms with Gasteiger partial charge in [0.25, 0.3) is 0 Å². The van der Waals surface area contributed by atoms with Crippen molar-refractivity contribution in [3.63, 3.8) is 0 Å². The molecule has 0 aliphatic carbocycles. The Kier molecular flexibility index (Phi) is 5.56. The third-order valence-electron chi connectivity index (χ3n) is 5.76. The van der Waals surface area contributed by atoms with E-state index in [0.717, 1.165) is 50.2 Å². The van der Waals surface area contributed by atoms with Crippen molar-refractivity contribution >= 4 is 11.3 Å². The summed E-state index contributed by atoms with van der Waals surface area (Å²) in [5.41, 5.74) is 9.88. The highest BCUT2D eigenvalue weighted by Gasteiger charge is 2.21. The van der Waals surface area contributed by atoms with Crippen molar-refractivity contribution < 1.29 is 4.74 Å². The Morgan fingerprint density at radius 2 is 1.45 bits per heavy atom. The number of aromatic nitrogens is 3. The average Bonchev–Trinajstić information content (AvgIpc) is 3.44. The van der Waals surface area contributed by atoms with Crippen LogP contribution in [0.5, 0.6) is 5.75 Å². The fraction of sp³-hybridized carbons (Fsp3) is 0.143. The lowest BCUT2D eigenvalue weighted by atomic mass is 10.0. The van der Waals surface area contributed by atoms with Crippen molar-refractivity contribution in [3.8, 4) is 44.7 Å². The molecule has 3 aromatic carbocycles. The summed E-state index contributed by atoms with van der Waals surface area (Å²) < 4.78 is 7.29. The molecule has 0 aliphatic rings. The van der Waals surface area contributed by atoms with Gasteiger partial charge in [-0.2, -0.15) is 5.10 Å². The number of thiazole rings is 1. The van der Waals surface area contributed by atoms with Crippen LogP contribution < -0.4 is 4.74 Å². The van der Waals surface area contributed by atoms with Crippen molar-refractivity contribution in [1.29, 1.82) is 0 Å². The molecule has 2 heterocycles. The monoisotopic (exact) mass is 451 g/mol. The number of hydrogen-bond donors (Lipinski definition) is 0. The van der Waals surface area contributed by atoms with Crippen LogP contribution >= 0.6 is 11.3 Å². The van der Waals surface area contributed by atoms with Crippen LogP contribution in [0.15, 0.2) is 78.2 Å². The summed E-state index contributed by atoms with van der Waals surface area (Å²) in [5, 5.41) is 8.01. The summed E-state index contributed by atoms with van der Waals surface area (Å²) in [7, 11) is 1.68. The Labute approximate surface area is 198 Å². The predicted molar refractivity (Wildman–Crippen MR) is 136 cm³/mol. The molecular formula is C28H25N3OS. The van der Waals surface area contributed by atoms with E-state index in [2.05, 4.69) is 74.7 Å². The van der Waals surface area contributed by atoms with Crippen LogP contribution in [-0.2, 0) is 0 Å². The quantitative estimate of drug-likeness (QED) is 0.282. The Morgan fingerprint density at radius 3 is 2.12 bits per heavy atom. The molecule has 0 atom stereocenters. The molecule has 0 saturated heterocycles. The van der Waals surface area contributed by atoms with Gasteiger partial charge in [0, 0.05) is 27.6 Å². The van der Waals surface area contributed by atoms with Crippen molar-refractivity contribution in [3.05, 3.63) is 94.9 Å². The number of hydrogen-bond acceptors (Lipinski definition) is 4. The van der Waals surface area contributed by atoms with Crippen LogP contribution in [0.25, 0.3) is 38.9 Å². The van der Waals surface area contributed by atoms with Gasteiger partial charge >= 0.3 is 0 Å². The van der Waals surface area contributed by atoms with E-state index in [-0.39, 0.29) is 0 Å². The molecule has 0 aliphatic heterocycles. The average molecular weight is 452 g/mol. The van der Waals surface area contributed by atoms with Gasteiger partial charge in [-0.1, -0.05) is 47.5 Å². The third-order valence-corrected chi connectivity index (χ3v) is 6.58. The summed E-state index contributed by atoms with van der Waals surface area (Å²) in [6.45, 7) is 6.38. The third kappa shape index (κ3) is 4.08. The number of rotatable bonds is 5. The SMILES string of the molecule is COc1ccc(-c2csc(-n3nc(-c4cccc(C)c4)c(C)c3-c3cccc(C)c3)n2)cc1. The van der Waals surface area contributed by atoms with Gasteiger partial charge < -0.3 is 4.74 Å². The number of aryl methyl sites for hydroxylation is 2. The van der Waals surface area contributed by atoms with Crippen molar-refractivity contribution in [2.24, 2.45) is 0 Å². The predicted octanol–water partition coefficient (Wildman–Crippen LogP) is 7.26. The first-order valence-electron chi connectivity index (χ1n) is 10.9. The maximum Gasteiger partial charge on any atom is 0.211 e. The normalized spacial score (nSPS) is 11.0. The van der Waals surface area contributed by atoms with Gasteiger partial charge in [0.2, 0.25) is 5.13 Å². The molecule has 0 saturated carbocycles. The molecule has 5 rings (SSSR count). The molecule has 0 radical (unpaired) electrons. The second-order valence-electron chi connectivity index (χ2n) is 8.22. The highest BCUT2D eigenvalue weighted by atomic mass is 32.1. The standard InChI is InChI=1S/C28H25N3OS/c1-18-7-5-9-22(15-18)26-20(3)27(23-10-6-8-19(2)16-23)31(30-26)28-29-25(17-33-28)21-11-13-24(32-4)14-12-21/h5-17H,1-4H3. The van der Waals surface area contributed by atoms with Crippen LogP contribution in [0.4, 0.5) is 0 Å². The molecule has 0 N–H and O–H groups in total. The zero-order valence-electron chi connectivity index (χ0n) is 19.2. The van der Waals surface area contributed by atoms with E-state index in [1.165, 1.54) is 11.1 Å². The van der Waals surface area contributed by atoms with E-state index in [0.29, 0.717) is 0 Å². The minimum atomic E-state index is 0.835. The fourth-order valence-corrected chi connectivity index (χ4v) is 4.88. The number of nitrogens with zero attached hydrogens (tertiary/aromatic N) is 3. The van der Waals surface area contributed by atoms with E-state index < -0.39 is 0 Å². The first-order chi connectivity index (χ1) is 16.0. The number of benzene rings is 3. The zero-order valence-corrected chi connectivity index (χ0v) is 20.0. The van der Waals surface area contributed by atoms with Gasteiger partial charge in [-0.25, -0.2) is 9.67 Å². The minimum Gasteiger partial charge on any atom is -0.497 e. The maximum atomic E-state index is 5.29. The summed E-state index contributed by atoms with van der Waals surface area (Å²) in [6.07, 6.45) is 0. The van der Waals surface area contributed by atoms with Crippen LogP contribution in [0.2, 0.25) is 0 Å². The highest BCUT2D eigenvalue weighted by Crippen LogP contribution is 2.36. The summed E-state index contributed by atoms with van der Waals surface area (Å²) in [6, 6.07) is 25.0. The zero-order chi connectivity index (χ0) is 22.9. The summed E-state index contributed by atoms with van der Waals surface area (Å²) >= 11 is 1.60. The topological polar surface area (TPSA) is 39.9 Å². The summed E-state index contributed by atoms with van der Waals surface area (Å²) in [5.74, 6) is 0.835. The lowest BCUT2D eigenvalue weighted by Gasteiger charge is -2.07. The molecular weight excluding hydrogens is 426 g/mol. The van der Waals surface area contributed by atoms with Crippen molar-refractivity contribution in [1.82, 2.24) is 14.8 Å².